The standard InChI is InChI=1S/C20H23NO7S/c1-13-6-8-15(29(24,25)21(2)3)11-17(13)20(23)28-12-18(22)16-9-7-14(26-4)10-19(16)27-5/h6-11H,12H2,1-5H3. The molecule has 156 valence electrons. The van der Waals surface area contributed by atoms with Crippen molar-refractivity contribution in [3.63, 3.8) is 0 Å². The summed E-state index contributed by atoms with van der Waals surface area (Å²) in [4.78, 5) is 24.9. The van der Waals surface area contributed by atoms with Gasteiger partial charge < -0.3 is 14.2 Å². The maximum absolute atomic E-state index is 12.5. The summed E-state index contributed by atoms with van der Waals surface area (Å²) in [5.74, 6) is -0.447. The van der Waals surface area contributed by atoms with Gasteiger partial charge in [-0.05, 0) is 36.8 Å². The van der Waals surface area contributed by atoms with Crippen molar-refractivity contribution in [1.82, 2.24) is 4.31 Å². The summed E-state index contributed by atoms with van der Waals surface area (Å²) in [5.41, 5.74) is 0.839. The molecule has 0 N–H and O–H groups in total. The van der Waals surface area contributed by atoms with Crippen molar-refractivity contribution in [2.75, 3.05) is 34.9 Å². The molecule has 0 aliphatic heterocycles. The molecule has 2 rings (SSSR count). The van der Waals surface area contributed by atoms with Gasteiger partial charge in [0.05, 0.1) is 30.2 Å². The molecule has 0 amide bonds. The van der Waals surface area contributed by atoms with Crippen LogP contribution in [0.3, 0.4) is 0 Å². The van der Waals surface area contributed by atoms with Crippen LogP contribution in [0.1, 0.15) is 26.3 Å². The fourth-order valence-corrected chi connectivity index (χ4v) is 3.44. The highest BCUT2D eigenvalue weighted by molar-refractivity contribution is 7.89. The number of ether oxygens (including phenoxy) is 3. The van der Waals surface area contributed by atoms with Gasteiger partial charge in [0, 0.05) is 20.2 Å². The molecule has 0 bridgehead atoms. The summed E-state index contributed by atoms with van der Waals surface area (Å²) in [6, 6.07) is 8.83. The van der Waals surface area contributed by atoms with Crippen LogP contribution < -0.4 is 9.47 Å². The van der Waals surface area contributed by atoms with Gasteiger partial charge in [0.25, 0.3) is 0 Å². The Labute approximate surface area is 170 Å². The van der Waals surface area contributed by atoms with Crippen LogP contribution in [0.25, 0.3) is 0 Å². The number of hydrogen-bond donors (Lipinski definition) is 0. The van der Waals surface area contributed by atoms with E-state index >= 15 is 0 Å². The lowest BCUT2D eigenvalue weighted by atomic mass is 10.1. The number of methoxy groups -OCH3 is 2. The average molecular weight is 421 g/mol. The first-order chi connectivity index (χ1) is 13.6. The highest BCUT2D eigenvalue weighted by Gasteiger charge is 2.22. The number of esters is 1. The summed E-state index contributed by atoms with van der Waals surface area (Å²) in [6.45, 7) is 1.13. The third-order valence-corrected chi connectivity index (χ3v) is 6.06. The monoisotopic (exact) mass is 421 g/mol. The van der Waals surface area contributed by atoms with Crippen molar-refractivity contribution in [1.29, 1.82) is 0 Å². The van der Waals surface area contributed by atoms with Crippen molar-refractivity contribution < 1.29 is 32.2 Å². The van der Waals surface area contributed by atoms with Crippen molar-refractivity contribution in [2.24, 2.45) is 0 Å². The Morgan fingerprint density at radius 3 is 2.24 bits per heavy atom. The smallest absolute Gasteiger partial charge is 0.338 e. The minimum atomic E-state index is -3.71. The molecule has 0 atom stereocenters. The van der Waals surface area contributed by atoms with Gasteiger partial charge in [0.15, 0.2) is 6.61 Å². The maximum atomic E-state index is 12.5. The molecule has 0 heterocycles. The zero-order valence-corrected chi connectivity index (χ0v) is 17.7. The Morgan fingerprint density at radius 2 is 1.66 bits per heavy atom. The van der Waals surface area contributed by atoms with Crippen molar-refractivity contribution in [2.45, 2.75) is 11.8 Å². The Morgan fingerprint density at radius 1 is 0.966 bits per heavy atom. The second-order valence-corrected chi connectivity index (χ2v) is 8.48. The molecule has 0 spiro atoms. The Bertz CT molecular complexity index is 1030. The molecule has 0 aliphatic carbocycles. The minimum absolute atomic E-state index is 0.0387. The van der Waals surface area contributed by atoms with Crippen molar-refractivity contribution in [3.8, 4) is 11.5 Å². The molecule has 2 aromatic carbocycles. The first-order valence-electron chi connectivity index (χ1n) is 8.57. The van der Waals surface area contributed by atoms with Crippen LogP contribution in [-0.2, 0) is 14.8 Å². The Kier molecular flexibility index (Phi) is 6.99. The molecule has 2 aromatic rings. The van der Waals surface area contributed by atoms with E-state index in [9.17, 15) is 18.0 Å². The van der Waals surface area contributed by atoms with Gasteiger partial charge in [0.2, 0.25) is 15.8 Å². The Balaban J connectivity index is 2.20. The van der Waals surface area contributed by atoms with Crippen LogP contribution in [0, 0.1) is 6.92 Å². The highest BCUT2D eigenvalue weighted by Crippen LogP contribution is 2.25. The number of benzene rings is 2. The van der Waals surface area contributed by atoms with Crippen LogP contribution in [0.15, 0.2) is 41.3 Å². The first kappa shape index (κ1) is 22.4. The van der Waals surface area contributed by atoms with E-state index in [2.05, 4.69) is 0 Å². The molecule has 0 radical (unpaired) electrons. The van der Waals surface area contributed by atoms with Gasteiger partial charge >= 0.3 is 5.97 Å². The average Bonchev–Trinajstić information content (AvgIpc) is 2.71. The van der Waals surface area contributed by atoms with Gasteiger partial charge in [-0.25, -0.2) is 17.5 Å². The van der Waals surface area contributed by atoms with Crippen molar-refractivity contribution in [3.05, 3.63) is 53.1 Å². The molecule has 0 saturated carbocycles. The van der Waals surface area contributed by atoms with Gasteiger partial charge in [-0.15, -0.1) is 0 Å². The number of ketones is 1. The van der Waals surface area contributed by atoms with Gasteiger partial charge in [-0.2, -0.15) is 0 Å². The summed E-state index contributed by atoms with van der Waals surface area (Å²) >= 11 is 0. The van der Waals surface area contributed by atoms with Gasteiger partial charge in [-0.1, -0.05) is 6.07 Å². The highest BCUT2D eigenvalue weighted by atomic mass is 32.2. The van der Waals surface area contributed by atoms with Crippen LogP contribution in [0.5, 0.6) is 11.5 Å². The quantitative estimate of drug-likeness (QED) is 0.476. The molecule has 0 aliphatic rings. The molecular formula is C20H23NO7S. The van der Waals surface area contributed by atoms with Crippen LogP contribution in [0.2, 0.25) is 0 Å². The van der Waals surface area contributed by atoms with E-state index in [0.717, 1.165) is 4.31 Å². The number of aryl methyl sites for hydroxylation is 1. The molecule has 0 fully saturated rings. The number of hydrogen-bond acceptors (Lipinski definition) is 7. The number of rotatable bonds is 8. The second-order valence-electron chi connectivity index (χ2n) is 6.33. The lowest BCUT2D eigenvalue weighted by Gasteiger charge is -2.14. The molecule has 0 unspecified atom stereocenters. The van der Waals surface area contributed by atoms with E-state index in [0.29, 0.717) is 17.1 Å². The molecule has 8 nitrogen and oxygen atoms in total. The summed E-state index contributed by atoms with van der Waals surface area (Å²) in [6.07, 6.45) is 0. The van der Waals surface area contributed by atoms with Crippen molar-refractivity contribution >= 4 is 21.8 Å². The molecule has 9 heteroatoms. The van der Waals surface area contributed by atoms with Crippen LogP contribution in [-0.4, -0.2) is 59.4 Å². The predicted molar refractivity (Wildman–Crippen MR) is 106 cm³/mol. The minimum Gasteiger partial charge on any atom is -0.497 e. The van der Waals surface area contributed by atoms with Crippen LogP contribution >= 0.6 is 0 Å². The van der Waals surface area contributed by atoms with Gasteiger partial charge in [-0.3, -0.25) is 4.79 Å². The number of carbonyl (C=O) groups is 2. The molecule has 0 saturated heterocycles. The zero-order valence-electron chi connectivity index (χ0n) is 16.9. The summed E-state index contributed by atoms with van der Waals surface area (Å²) in [7, 11) is 1.99. The fourth-order valence-electron chi connectivity index (χ4n) is 2.51. The van der Waals surface area contributed by atoms with Gasteiger partial charge in [0.1, 0.15) is 11.5 Å². The van der Waals surface area contributed by atoms with E-state index < -0.39 is 28.4 Å². The van der Waals surface area contributed by atoms with E-state index in [1.165, 1.54) is 52.6 Å². The van der Waals surface area contributed by atoms with Crippen LogP contribution in [0.4, 0.5) is 0 Å². The number of Topliss-reactive ketones (excluding diaryl/α,β-unsaturated/α-hetero) is 1. The SMILES string of the molecule is COc1ccc(C(=O)COC(=O)c2cc(S(=O)(=O)N(C)C)ccc2C)c(OC)c1. The maximum Gasteiger partial charge on any atom is 0.338 e. The fraction of sp³-hybridized carbons (Fsp3) is 0.300. The number of nitrogens with zero attached hydrogens (tertiary/aromatic N) is 1. The molecular weight excluding hydrogens is 398 g/mol. The number of carbonyl (C=O) groups excluding carboxylic acids is 2. The van der Waals surface area contributed by atoms with E-state index in [1.807, 2.05) is 0 Å². The summed E-state index contributed by atoms with van der Waals surface area (Å²) < 4.78 is 41.0. The summed E-state index contributed by atoms with van der Waals surface area (Å²) in [5, 5.41) is 0. The molecule has 29 heavy (non-hydrogen) atoms. The van der Waals surface area contributed by atoms with E-state index in [-0.39, 0.29) is 16.0 Å². The first-order valence-corrected chi connectivity index (χ1v) is 10.0. The molecule has 0 aromatic heterocycles. The third-order valence-electron chi connectivity index (χ3n) is 4.25. The third kappa shape index (κ3) is 4.93. The number of sulfonamides is 1. The van der Waals surface area contributed by atoms with E-state index in [4.69, 9.17) is 14.2 Å². The largest absolute Gasteiger partial charge is 0.497 e. The normalized spacial score (nSPS) is 11.2. The Hall–Kier alpha value is -2.91. The lowest BCUT2D eigenvalue weighted by Crippen LogP contribution is -2.23. The second kappa shape index (κ2) is 9.06. The lowest BCUT2D eigenvalue weighted by molar-refractivity contribution is 0.0473. The van der Waals surface area contributed by atoms with E-state index in [1.54, 1.807) is 19.1 Å². The zero-order chi connectivity index (χ0) is 21.8. The topological polar surface area (TPSA) is 99.2 Å². The predicted octanol–water partition coefficient (Wildman–Crippen LogP) is 2.30.